The molecular weight excluding hydrogens is 230 g/mol. The maximum absolute atomic E-state index is 5.18. The van der Waals surface area contributed by atoms with Crippen molar-refractivity contribution in [3.05, 3.63) is 54.1 Å². The first-order valence-corrected chi connectivity index (χ1v) is 6.23. The summed E-state index contributed by atoms with van der Waals surface area (Å²) < 4.78 is 8.50. The molecule has 0 saturated carbocycles. The highest BCUT2D eigenvalue weighted by Crippen LogP contribution is 2.24. The molecule has 2 aromatic carbocycles. The van der Waals surface area contributed by atoms with Crippen molar-refractivity contribution >= 4 is 17.6 Å². The Bertz CT molecular complexity index is 499. The largest absolute Gasteiger partial charge is 0.497 e. The predicted octanol–water partition coefficient (Wildman–Crippen LogP) is 4.12. The second kappa shape index (κ2) is 5.64. The van der Waals surface area contributed by atoms with Gasteiger partial charge in [-0.25, -0.2) is 0 Å². The molecule has 1 N–H and O–H groups in total. The molecule has 0 amide bonds. The lowest BCUT2D eigenvalue weighted by atomic mass is 10.2. The summed E-state index contributed by atoms with van der Waals surface area (Å²) in [4.78, 5) is 1.13. The highest BCUT2D eigenvalue weighted by atomic mass is 32.2. The second-order valence-corrected chi connectivity index (χ2v) is 4.63. The molecule has 2 rings (SSSR count). The molecule has 17 heavy (non-hydrogen) atoms. The minimum absolute atomic E-state index is 0.876. The van der Waals surface area contributed by atoms with Crippen LogP contribution in [-0.2, 0) is 0 Å². The minimum Gasteiger partial charge on any atom is -0.497 e. The number of benzene rings is 2. The first-order chi connectivity index (χ1) is 8.28. The van der Waals surface area contributed by atoms with Gasteiger partial charge in [-0.05, 0) is 54.8 Å². The van der Waals surface area contributed by atoms with Gasteiger partial charge in [-0.3, -0.25) is 0 Å². The Morgan fingerprint density at radius 1 is 1.06 bits per heavy atom. The monoisotopic (exact) mass is 245 g/mol. The van der Waals surface area contributed by atoms with Gasteiger partial charge in [-0.1, -0.05) is 18.2 Å². The van der Waals surface area contributed by atoms with Crippen LogP contribution in [0.3, 0.4) is 0 Å². The molecule has 0 fully saturated rings. The summed E-state index contributed by atoms with van der Waals surface area (Å²) in [7, 11) is 1.68. The molecule has 88 valence electrons. The molecule has 0 bridgehead atoms. The van der Waals surface area contributed by atoms with Gasteiger partial charge in [-0.2, -0.15) is 0 Å². The molecule has 0 spiro atoms. The lowest BCUT2D eigenvalue weighted by Crippen LogP contribution is -1.88. The normalized spacial score (nSPS) is 10.0. The molecular formula is C14H15NOS. The third-order valence-electron chi connectivity index (χ3n) is 2.35. The number of aryl methyl sites for hydroxylation is 1. The van der Waals surface area contributed by atoms with Gasteiger partial charge in [0.05, 0.1) is 7.11 Å². The van der Waals surface area contributed by atoms with Crippen LogP contribution in [-0.4, -0.2) is 7.11 Å². The molecule has 0 aliphatic carbocycles. The molecule has 0 unspecified atom stereocenters. The van der Waals surface area contributed by atoms with Gasteiger partial charge < -0.3 is 9.46 Å². The summed E-state index contributed by atoms with van der Waals surface area (Å²) in [6, 6.07) is 16.3. The lowest BCUT2D eigenvalue weighted by molar-refractivity contribution is 0.413. The fourth-order valence-electron chi connectivity index (χ4n) is 1.49. The summed E-state index contributed by atoms with van der Waals surface area (Å²) in [5, 5.41) is 0. The number of nitrogens with one attached hydrogen (secondary N) is 1. The van der Waals surface area contributed by atoms with Crippen LogP contribution in [0.4, 0.5) is 5.69 Å². The Kier molecular flexibility index (Phi) is 3.94. The van der Waals surface area contributed by atoms with Crippen molar-refractivity contribution in [1.29, 1.82) is 0 Å². The van der Waals surface area contributed by atoms with E-state index >= 15 is 0 Å². The van der Waals surface area contributed by atoms with Crippen molar-refractivity contribution in [2.24, 2.45) is 0 Å². The van der Waals surface area contributed by atoms with E-state index in [-0.39, 0.29) is 0 Å². The fraction of sp³-hybridized carbons (Fsp3) is 0.143. The van der Waals surface area contributed by atoms with Crippen LogP contribution in [0.5, 0.6) is 5.75 Å². The van der Waals surface area contributed by atoms with Crippen molar-refractivity contribution in [1.82, 2.24) is 0 Å². The fourth-order valence-corrected chi connectivity index (χ4v) is 2.18. The number of ether oxygens (including phenoxy) is 1. The Hall–Kier alpha value is -1.61. The van der Waals surface area contributed by atoms with Crippen LogP contribution in [0.2, 0.25) is 0 Å². The molecule has 0 aliphatic heterocycles. The van der Waals surface area contributed by atoms with Crippen molar-refractivity contribution in [2.75, 3.05) is 11.8 Å². The van der Waals surface area contributed by atoms with Gasteiger partial charge in [0.25, 0.3) is 0 Å². The summed E-state index contributed by atoms with van der Waals surface area (Å²) >= 11 is 1.58. The molecule has 0 saturated heterocycles. The standard InChI is InChI=1S/C14H15NOS/c1-11-5-3-6-12(9-11)15-17-14-8-4-7-13(10-14)16-2/h3-10,15H,1-2H3. The number of hydrogen-bond donors (Lipinski definition) is 1. The predicted molar refractivity (Wildman–Crippen MR) is 73.7 cm³/mol. The van der Waals surface area contributed by atoms with Crippen molar-refractivity contribution in [3.63, 3.8) is 0 Å². The van der Waals surface area contributed by atoms with E-state index < -0.39 is 0 Å². The molecule has 3 heteroatoms. The first kappa shape index (κ1) is 11.9. The quantitative estimate of drug-likeness (QED) is 0.819. The van der Waals surface area contributed by atoms with Crippen LogP contribution in [0.25, 0.3) is 0 Å². The number of rotatable bonds is 4. The van der Waals surface area contributed by atoms with Gasteiger partial charge in [-0.15, -0.1) is 0 Å². The molecule has 0 aliphatic rings. The van der Waals surface area contributed by atoms with E-state index in [2.05, 4.69) is 35.9 Å². The van der Waals surface area contributed by atoms with E-state index in [9.17, 15) is 0 Å². The maximum Gasteiger partial charge on any atom is 0.120 e. The zero-order valence-electron chi connectivity index (χ0n) is 9.94. The van der Waals surface area contributed by atoms with Gasteiger partial charge in [0.2, 0.25) is 0 Å². The maximum atomic E-state index is 5.18. The Labute approximate surface area is 106 Å². The van der Waals surface area contributed by atoms with Crippen molar-refractivity contribution in [2.45, 2.75) is 11.8 Å². The Balaban J connectivity index is 2.02. The van der Waals surface area contributed by atoms with Crippen LogP contribution >= 0.6 is 11.9 Å². The molecule has 0 aromatic heterocycles. The van der Waals surface area contributed by atoms with E-state index in [0.29, 0.717) is 0 Å². The van der Waals surface area contributed by atoms with Gasteiger partial charge in [0.15, 0.2) is 0 Å². The van der Waals surface area contributed by atoms with Gasteiger partial charge >= 0.3 is 0 Å². The molecule has 0 heterocycles. The summed E-state index contributed by atoms with van der Waals surface area (Å²) in [6.45, 7) is 2.08. The van der Waals surface area contributed by atoms with E-state index in [1.807, 2.05) is 24.3 Å². The number of anilines is 1. The summed E-state index contributed by atoms with van der Waals surface area (Å²) in [6.07, 6.45) is 0. The topological polar surface area (TPSA) is 21.3 Å². The van der Waals surface area contributed by atoms with E-state index in [0.717, 1.165) is 16.3 Å². The van der Waals surface area contributed by atoms with E-state index in [4.69, 9.17) is 4.74 Å². The third kappa shape index (κ3) is 3.43. The highest BCUT2D eigenvalue weighted by molar-refractivity contribution is 8.00. The first-order valence-electron chi connectivity index (χ1n) is 5.41. The van der Waals surface area contributed by atoms with Crippen LogP contribution in [0, 0.1) is 6.92 Å². The second-order valence-electron chi connectivity index (χ2n) is 3.75. The van der Waals surface area contributed by atoms with E-state index in [1.54, 1.807) is 19.1 Å². The highest BCUT2D eigenvalue weighted by Gasteiger charge is 1.97. The zero-order chi connectivity index (χ0) is 12.1. The average Bonchev–Trinajstić information content (AvgIpc) is 2.37. The van der Waals surface area contributed by atoms with Crippen LogP contribution < -0.4 is 9.46 Å². The third-order valence-corrected chi connectivity index (χ3v) is 3.17. The summed E-state index contributed by atoms with van der Waals surface area (Å²) in [5.74, 6) is 0.876. The lowest BCUT2D eigenvalue weighted by Gasteiger charge is -2.07. The molecule has 0 radical (unpaired) electrons. The van der Waals surface area contributed by atoms with Gasteiger partial charge in [0.1, 0.15) is 5.75 Å². The molecule has 2 nitrogen and oxygen atoms in total. The molecule has 2 aromatic rings. The van der Waals surface area contributed by atoms with E-state index in [1.165, 1.54) is 5.56 Å². The Morgan fingerprint density at radius 3 is 2.65 bits per heavy atom. The SMILES string of the molecule is COc1cccc(SNc2cccc(C)c2)c1. The summed E-state index contributed by atoms with van der Waals surface area (Å²) in [5.41, 5.74) is 2.36. The number of hydrogen-bond acceptors (Lipinski definition) is 3. The zero-order valence-corrected chi connectivity index (χ0v) is 10.8. The Morgan fingerprint density at radius 2 is 1.88 bits per heavy atom. The minimum atomic E-state index is 0.876. The van der Waals surface area contributed by atoms with Crippen LogP contribution in [0.1, 0.15) is 5.56 Å². The van der Waals surface area contributed by atoms with Crippen molar-refractivity contribution < 1.29 is 4.74 Å². The smallest absolute Gasteiger partial charge is 0.120 e. The number of methoxy groups -OCH3 is 1. The van der Waals surface area contributed by atoms with Gasteiger partial charge in [0, 0.05) is 10.6 Å². The average molecular weight is 245 g/mol. The molecule has 0 atom stereocenters. The van der Waals surface area contributed by atoms with Crippen LogP contribution in [0.15, 0.2) is 53.4 Å². The van der Waals surface area contributed by atoms with Crippen molar-refractivity contribution in [3.8, 4) is 5.75 Å².